The smallest absolute Gasteiger partial charge is 0.164 e. The second-order valence-electron chi connectivity index (χ2n) is 15.4. The van der Waals surface area contributed by atoms with E-state index in [9.17, 15) is 0 Å². The maximum absolute atomic E-state index is 5.08. The van der Waals surface area contributed by atoms with E-state index in [1.165, 1.54) is 5.39 Å². The first-order chi connectivity index (χ1) is 31.7. The number of nitrogens with zero attached hydrogens (tertiary/aromatic N) is 7. The zero-order valence-electron chi connectivity index (χ0n) is 34.5. The molecule has 0 fully saturated rings. The Morgan fingerprint density at radius 2 is 0.641 bits per heavy atom. The highest BCUT2D eigenvalue weighted by molar-refractivity contribution is 5.91. The summed E-state index contributed by atoms with van der Waals surface area (Å²) in [5.74, 6) is 3.69. The Morgan fingerprint density at radius 3 is 1.22 bits per heavy atom. The van der Waals surface area contributed by atoms with Crippen molar-refractivity contribution in [2.24, 2.45) is 0 Å². The molecule has 0 saturated heterocycles. The molecule has 7 nitrogen and oxygen atoms in total. The van der Waals surface area contributed by atoms with Crippen LogP contribution in [0.15, 0.2) is 225 Å². The van der Waals surface area contributed by atoms with Gasteiger partial charge in [-0.1, -0.05) is 194 Å². The van der Waals surface area contributed by atoms with Gasteiger partial charge in [0.15, 0.2) is 34.9 Å². The van der Waals surface area contributed by atoms with Crippen LogP contribution in [0.4, 0.5) is 0 Å². The number of hydrogen-bond donors (Lipinski definition) is 0. The number of rotatable bonds is 9. The molecule has 0 aliphatic carbocycles. The van der Waals surface area contributed by atoms with E-state index in [0.29, 0.717) is 34.9 Å². The summed E-state index contributed by atoms with van der Waals surface area (Å²) in [5, 5.41) is 2.30. The second-order valence-corrected chi connectivity index (χ2v) is 15.4. The summed E-state index contributed by atoms with van der Waals surface area (Å²) in [6, 6.07) is 72.3. The van der Waals surface area contributed by atoms with Crippen LogP contribution in [-0.2, 0) is 0 Å². The Hall–Kier alpha value is -8.81. The van der Waals surface area contributed by atoms with E-state index in [0.717, 1.165) is 72.1 Å². The van der Waals surface area contributed by atoms with E-state index in [1.54, 1.807) is 6.20 Å². The third-order valence-corrected chi connectivity index (χ3v) is 11.3. The zero-order valence-corrected chi connectivity index (χ0v) is 34.5. The molecule has 300 valence electrons. The molecule has 7 heteroatoms. The minimum atomic E-state index is 0.600. The SMILES string of the molecule is c1ccc(-c2nc(-c3ccc(-c4ccc(-c5ccccc5-c5nc(-c6ccccc6)nc(-c6ccccc6)n5)cc4-c4cccnc4)cc3)nc(-c3ccc4ccccc4c3)n2)cc1. The van der Waals surface area contributed by atoms with Gasteiger partial charge in [0.05, 0.1) is 0 Å². The Morgan fingerprint density at radius 1 is 0.219 bits per heavy atom. The van der Waals surface area contributed by atoms with Crippen molar-refractivity contribution in [1.29, 1.82) is 0 Å². The van der Waals surface area contributed by atoms with Crippen LogP contribution in [0.1, 0.15) is 0 Å². The molecule has 8 aromatic carbocycles. The molecule has 11 aromatic rings. The van der Waals surface area contributed by atoms with E-state index < -0.39 is 0 Å². The molecule has 0 bridgehead atoms. The first-order valence-corrected chi connectivity index (χ1v) is 21.1. The van der Waals surface area contributed by atoms with Gasteiger partial charge in [-0.15, -0.1) is 0 Å². The van der Waals surface area contributed by atoms with Crippen molar-refractivity contribution in [3.8, 4) is 102 Å². The molecule has 0 aliphatic rings. The Balaban J connectivity index is 0.997. The highest BCUT2D eigenvalue weighted by Gasteiger charge is 2.18. The van der Waals surface area contributed by atoms with Gasteiger partial charge in [-0.3, -0.25) is 4.98 Å². The molecule has 0 unspecified atom stereocenters. The Bertz CT molecular complexity index is 3360. The van der Waals surface area contributed by atoms with Gasteiger partial charge in [-0.25, -0.2) is 29.9 Å². The maximum Gasteiger partial charge on any atom is 0.164 e. The van der Waals surface area contributed by atoms with Crippen molar-refractivity contribution in [3.63, 3.8) is 0 Å². The van der Waals surface area contributed by atoms with Gasteiger partial charge in [-0.05, 0) is 56.8 Å². The van der Waals surface area contributed by atoms with E-state index in [4.69, 9.17) is 29.9 Å². The molecule has 0 radical (unpaired) electrons. The lowest BCUT2D eigenvalue weighted by Crippen LogP contribution is -2.01. The van der Waals surface area contributed by atoms with Crippen molar-refractivity contribution in [2.45, 2.75) is 0 Å². The summed E-state index contributed by atoms with van der Waals surface area (Å²) in [7, 11) is 0. The fourth-order valence-corrected chi connectivity index (χ4v) is 8.06. The summed E-state index contributed by atoms with van der Waals surface area (Å²) >= 11 is 0. The van der Waals surface area contributed by atoms with E-state index in [1.807, 2.05) is 109 Å². The van der Waals surface area contributed by atoms with Crippen molar-refractivity contribution in [2.75, 3.05) is 0 Å². The highest BCUT2D eigenvalue weighted by atomic mass is 15.0. The number of fused-ring (bicyclic) bond motifs is 1. The lowest BCUT2D eigenvalue weighted by Gasteiger charge is -2.16. The van der Waals surface area contributed by atoms with Gasteiger partial charge < -0.3 is 0 Å². The fourth-order valence-electron chi connectivity index (χ4n) is 8.06. The van der Waals surface area contributed by atoms with Crippen LogP contribution in [-0.4, -0.2) is 34.9 Å². The summed E-state index contributed by atoms with van der Waals surface area (Å²) in [4.78, 5) is 34.6. The summed E-state index contributed by atoms with van der Waals surface area (Å²) in [5.41, 5.74) is 11.7. The van der Waals surface area contributed by atoms with E-state index in [2.05, 4.69) is 114 Å². The van der Waals surface area contributed by atoms with Crippen LogP contribution in [0.3, 0.4) is 0 Å². The first-order valence-electron chi connectivity index (χ1n) is 21.1. The lowest BCUT2D eigenvalue weighted by atomic mass is 9.90. The number of pyridine rings is 1. The molecule has 3 aromatic heterocycles. The van der Waals surface area contributed by atoms with Crippen molar-refractivity contribution in [1.82, 2.24) is 34.9 Å². The van der Waals surface area contributed by atoms with Crippen LogP contribution in [0, 0.1) is 0 Å². The van der Waals surface area contributed by atoms with Gasteiger partial charge in [0, 0.05) is 51.3 Å². The minimum Gasteiger partial charge on any atom is -0.264 e. The summed E-state index contributed by atoms with van der Waals surface area (Å²) < 4.78 is 0. The largest absolute Gasteiger partial charge is 0.264 e. The Kier molecular flexibility index (Phi) is 10.1. The molecule has 3 heterocycles. The molecule has 0 aliphatic heterocycles. The van der Waals surface area contributed by atoms with Crippen molar-refractivity contribution in [3.05, 3.63) is 225 Å². The first kappa shape index (κ1) is 38.1. The summed E-state index contributed by atoms with van der Waals surface area (Å²) in [6.45, 7) is 0. The van der Waals surface area contributed by atoms with Crippen molar-refractivity contribution >= 4 is 10.8 Å². The Labute approximate surface area is 370 Å². The van der Waals surface area contributed by atoms with Gasteiger partial charge in [0.1, 0.15) is 0 Å². The normalized spacial score (nSPS) is 11.1. The van der Waals surface area contributed by atoms with Crippen LogP contribution in [0.25, 0.3) is 112 Å². The third-order valence-electron chi connectivity index (χ3n) is 11.3. The maximum atomic E-state index is 5.08. The predicted octanol–water partition coefficient (Wildman–Crippen LogP) is 13.6. The third kappa shape index (κ3) is 7.70. The topological polar surface area (TPSA) is 90.2 Å². The van der Waals surface area contributed by atoms with E-state index >= 15 is 0 Å². The van der Waals surface area contributed by atoms with Crippen LogP contribution in [0.5, 0.6) is 0 Å². The van der Waals surface area contributed by atoms with Gasteiger partial charge in [0.2, 0.25) is 0 Å². The van der Waals surface area contributed by atoms with Gasteiger partial charge in [-0.2, -0.15) is 0 Å². The van der Waals surface area contributed by atoms with Crippen LogP contribution < -0.4 is 0 Å². The zero-order chi connectivity index (χ0) is 42.7. The number of hydrogen-bond acceptors (Lipinski definition) is 7. The summed E-state index contributed by atoms with van der Waals surface area (Å²) in [6.07, 6.45) is 3.72. The monoisotopic (exact) mass is 819 g/mol. The highest BCUT2D eigenvalue weighted by Crippen LogP contribution is 2.39. The molecular weight excluding hydrogens is 783 g/mol. The second kappa shape index (κ2) is 16.9. The molecule has 0 atom stereocenters. The molecule has 64 heavy (non-hydrogen) atoms. The van der Waals surface area contributed by atoms with Gasteiger partial charge in [0.25, 0.3) is 0 Å². The average Bonchev–Trinajstić information content (AvgIpc) is 3.39. The van der Waals surface area contributed by atoms with Crippen LogP contribution >= 0.6 is 0 Å². The lowest BCUT2D eigenvalue weighted by molar-refractivity contribution is 1.07. The fraction of sp³-hybridized carbons (Fsp3) is 0. The minimum absolute atomic E-state index is 0.600. The van der Waals surface area contributed by atoms with Crippen molar-refractivity contribution < 1.29 is 0 Å². The average molecular weight is 820 g/mol. The molecule has 0 spiro atoms. The predicted molar refractivity (Wildman–Crippen MR) is 257 cm³/mol. The van der Waals surface area contributed by atoms with E-state index in [-0.39, 0.29) is 0 Å². The quantitative estimate of drug-likeness (QED) is 0.143. The van der Waals surface area contributed by atoms with Crippen LogP contribution in [0.2, 0.25) is 0 Å². The number of benzene rings is 8. The molecule has 0 saturated carbocycles. The standard InChI is InChI=1S/C57H37N7/c1-4-16-40(17-5-1)52-59-55(62-56(61-52)46-31-26-38-15-10-11-22-44(38)35-46)43-29-27-39(28-30-43)49-33-32-45(36-51(49)47-23-14-34-58-37-47)48-24-12-13-25-50(48)57-63-53(41-18-6-2-7-19-41)60-54(64-57)42-20-8-3-9-21-42/h1-37H. The van der Waals surface area contributed by atoms with Gasteiger partial charge >= 0.3 is 0 Å². The molecule has 0 amide bonds. The number of aromatic nitrogens is 7. The molecule has 0 N–H and O–H groups in total. The molecular formula is C57H37N7. The molecule has 11 rings (SSSR count).